The van der Waals surface area contributed by atoms with Crippen molar-refractivity contribution in [2.24, 2.45) is 13.0 Å². The Kier molecular flexibility index (Phi) is 6.39. The molecule has 0 radical (unpaired) electrons. The van der Waals surface area contributed by atoms with Crippen LogP contribution in [0.5, 0.6) is 0 Å². The molecule has 2 aromatic heterocycles. The Balaban J connectivity index is 1.53. The zero-order valence-electron chi connectivity index (χ0n) is 20.8. The molecule has 0 spiro atoms. The van der Waals surface area contributed by atoms with E-state index < -0.39 is 10.0 Å². The number of rotatable bonds is 6. The molecule has 0 N–H and O–H groups in total. The topological polar surface area (TPSA) is 89.2 Å². The van der Waals surface area contributed by atoms with Gasteiger partial charge >= 0.3 is 0 Å². The van der Waals surface area contributed by atoms with Crippen LogP contribution in [-0.2, 0) is 17.1 Å². The van der Waals surface area contributed by atoms with Gasteiger partial charge in [-0.25, -0.2) is 17.5 Å². The monoisotopic (exact) mass is 511 g/mol. The maximum absolute atomic E-state index is 13.4. The minimum Gasteiger partial charge on any atom is -0.293 e. The fourth-order valence-electron chi connectivity index (χ4n) is 4.92. The van der Waals surface area contributed by atoms with Gasteiger partial charge < -0.3 is 0 Å². The van der Waals surface area contributed by atoms with E-state index in [1.54, 1.807) is 30.1 Å². The molecule has 9 nitrogen and oxygen atoms in total. The van der Waals surface area contributed by atoms with E-state index in [-0.39, 0.29) is 16.9 Å². The number of sulfonamides is 1. The number of hydrogen-bond donors (Lipinski definition) is 0. The third kappa shape index (κ3) is 4.54. The van der Waals surface area contributed by atoms with Gasteiger partial charge in [0.1, 0.15) is 5.82 Å². The standard InChI is InChI=1S/C25H30FN7O2S/c1-17(2)15-31-9-10-32(36(34,35)25-14-27-30(4)29-25)16-24(31)22-12-19-13-28-33(23(19)11-18(22)3)21-7-5-20(26)6-8-21/h5-8,11-14,17,24H,9-10,15-16H2,1-4H3. The first-order valence-corrected chi connectivity index (χ1v) is 13.4. The highest BCUT2D eigenvalue weighted by molar-refractivity contribution is 7.89. The molecule has 11 heteroatoms. The largest absolute Gasteiger partial charge is 0.293 e. The molecule has 1 saturated heterocycles. The number of aromatic nitrogens is 5. The summed E-state index contributed by atoms with van der Waals surface area (Å²) in [6, 6.07) is 10.3. The molecule has 36 heavy (non-hydrogen) atoms. The van der Waals surface area contributed by atoms with Crippen LogP contribution in [0.4, 0.5) is 4.39 Å². The number of fused-ring (bicyclic) bond motifs is 1. The number of halogens is 1. The molecule has 1 aliphatic heterocycles. The second-order valence-corrected chi connectivity index (χ2v) is 11.6. The van der Waals surface area contributed by atoms with Crippen molar-refractivity contribution in [2.75, 3.05) is 26.2 Å². The van der Waals surface area contributed by atoms with Crippen molar-refractivity contribution >= 4 is 20.9 Å². The molecule has 0 aliphatic carbocycles. The summed E-state index contributed by atoms with van der Waals surface area (Å²) >= 11 is 0. The Morgan fingerprint density at radius 2 is 1.83 bits per heavy atom. The van der Waals surface area contributed by atoms with E-state index in [4.69, 9.17) is 0 Å². The highest BCUT2D eigenvalue weighted by Gasteiger charge is 2.37. The number of nitrogens with zero attached hydrogens (tertiary/aromatic N) is 7. The summed E-state index contributed by atoms with van der Waals surface area (Å²) in [5, 5.41) is 13.4. The van der Waals surface area contributed by atoms with E-state index >= 15 is 0 Å². The van der Waals surface area contributed by atoms with Crippen LogP contribution in [0.15, 0.2) is 53.8 Å². The molecule has 0 saturated carbocycles. The quantitative estimate of drug-likeness (QED) is 0.395. The van der Waals surface area contributed by atoms with Crippen LogP contribution in [0, 0.1) is 18.7 Å². The molecule has 1 aliphatic rings. The normalized spacial score (nSPS) is 17.9. The first-order chi connectivity index (χ1) is 17.1. The van der Waals surface area contributed by atoms with Gasteiger partial charge in [0.25, 0.3) is 10.0 Å². The van der Waals surface area contributed by atoms with Gasteiger partial charge in [-0.1, -0.05) is 13.8 Å². The van der Waals surface area contributed by atoms with Gasteiger partial charge in [0.2, 0.25) is 5.03 Å². The van der Waals surface area contributed by atoms with E-state index in [1.165, 1.54) is 27.4 Å². The second kappa shape index (κ2) is 9.38. The zero-order valence-corrected chi connectivity index (χ0v) is 21.7. The molecule has 1 unspecified atom stereocenters. The molecule has 4 aromatic rings. The lowest BCUT2D eigenvalue weighted by atomic mass is 9.96. The average Bonchev–Trinajstić information content (AvgIpc) is 3.45. The molecule has 0 bridgehead atoms. The Morgan fingerprint density at radius 3 is 2.50 bits per heavy atom. The van der Waals surface area contributed by atoms with Crippen LogP contribution >= 0.6 is 0 Å². The summed E-state index contributed by atoms with van der Waals surface area (Å²) in [5.41, 5.74) is 3.81. The van der Waals surface area contributed by atoms with Gasteiger partial charge in [0, 0.05) is 44.7 Å². The fraction of sp³-hybridized carbons (Fsp3) is 0.400. The summed E-state index contributed by atoms with van der Waals surface area (Å²) in [7, 11) is -2.16. The molecule has 0 amide bonds. The zero-order chi connectivity index (χ0) is 25.6. The van der Waals surface area contributed by atoms with Gasteiger partial charge in [-0.2, -0.15) is 19.3 Å². The van der Waals surface area contributed by atoms with Crippen LogP contribution in [0.3, 0.4) is 0 Å². The third-order valence-corrected chi connectivity index (χ3v) is 8.35. The Hall–Kier alpha value is -3.15. The minimum atomic E-state index is -3.76. The maximum atomic E-state index is 13.4. The maximum Gasteiger partial charge on any atom is 0.264 e. The van der Waals surface area contributed by atoms with E-state index in [0.29, 0.717) is 25.6 Å². The third-order valence-electron chi connectivity index (χ3n) is 6.62. The Labute approximate surface area is 210 Å². The van der Waals surface area contributed by atoms with Crippen molar-refractivity contribution in [3.8, 4) is 5.69 Å². The predicted octanol–water partition coefficient (Wildman–Crippen LogP) is 3.31. The average molecular weight is 512 g/mol. The first kappa shape index (κ1) is 24.5. The summed E-state index contributed by atoms with van der Waals surface area (Å²) in [6.07, 6.45) is 3.09. The predicted molar refractivity (Wildman–Crippen MR) is 135 cm³/mol. The van der Waals surface area contributed by atoms with Crippen molar-refractivity contribution in [1.82, 2.24) is 34.0 Å². The second-order valence-electron chi connectivity index (χ2n) is 9.74. The highest BCUT2D eigenvalue weighted by atomic mass is 32.2. The molecular formula is C25H30FN7O2S. The van der Waals surface area contributed by atoms with Gasteiger partial charge in [-0.3, -0.25) is 4.90 Å². The fourth-order valence-corrected chi connectivity index (χ4v) is 6.24. The Bertz CT molecular complexity index is 1490. The van der Waals surface area contributed by atoms with Crippen LogP contribution in [0.25, 0.3) is 16.6 Å². The van der Waals surface area contributed by atoms with Crippen molar-refractivity contribution in [3.05, 3.63) is 65.7 Å². The lowest BCUT2D eigenvalue weighted by Gasteiger charge is -2.42. The SMILES string of the molecule is Cc1cc2c(cnn2-c2ccc(F)cc2)cc1C1CN(S(=O)(=O)c2cnn(C)n2)CCN1CC(C)C. The minimum absolute atomic E-state index is 0.0335. The molecule has 1 fully saturated rings. The van der Waals surface area contributed by atoms with Crippen molar-refractivity contribution in [3.63, 3.8) is 0 Å². The van der Waals surface area contributed by atoms with Gasteiger partial charge in [0.15, 0.2) is 0 Å². The van der Waals surface area contributed by atoms with Crippen LogP contribution in [-0.4, -0.2) is 68.6 Å². The van der Waals surface area contributed by atoms with E-state index in [9.17, 15) is 12.8 Å². The lowest BCUT2D eigenvalue weighted by molar-refractivity contribution is 0.105. The first-order valence-electron chi connectivity index (χ1n) is 12.0. The number of aryl methyl sites for hydroxylation is 2. The van der Waals surface area contributed by atoms with Gasteiger partial charge in [-0.15, -0.1) is 5.10 Å². The van der Waals surface area contributed by atoms with Crippen molar-refractivity contribution < 1.29 is 12.8 Å². The summed E-state index contributed by atoms with van der Waals surface area (Å²) in [4.78, 5) is 3.63. The van der Waals surface area contributed by atoms with Crippen LogP contribution < -0.4 is 0 Å². The summed E-state index contributed by atoms with van der Waals surface area (Å²) in [6.45, 7) is 8.58. The smallest absolute Gasteiger partial charge is 0.264 e. The summed E-state index contributed by atoms with van der Waals surface area (Å²) < 4.78 is 43.4. The van der Waals surface area contributed by atoms with Crippen molar-refractivity contribution in [2.45, 2.75) is 31.8 Å². The van der Waals surface area contributed by atoms with Crippen LogP contribution in [0.1, 0.15) is 31.0 Å². The molecule has 190 valence electrons. The molecule has 5 rings (SSSR count). The van der Waals surface area contributed by atoms with Crippen molar-refractivity contribution in [1.29, 1.82) is 0 Å². The molecule has 2 aromatic carbocycles. The summed E-state index contributed by atoms with van der Waals surface area (Å²) in [5.74, 6) is 0.137. The Morgan fingerprint density at radius 1 is 1.08 bits per heavy atom. The number of piperazine rings is 1. The molecule has 1 atom stereocenters. The van der Waals surface area contributed by atoms with Gasteiger partial charge in [0.05, 0.1) is 23.6 Å². The highest BCUT2D eigenvalue weighted by Crippen LogP contribution is 2.33. The van der Waals surface area contributed by atoms with E-state index in [0.717, 1.165) is 34.3 Å². The van der Waals surface area contributed by atoms with E-state index in [2.05, 4.69) is 46.2 Å². The molecular weight excluding hydrogens is 481 g/mol. The molecule has 3 heterocycles. The number of benzene rings is 2. The van der Waals surface area contributed by atoms with E-state index in [1.807, 2.05) is 6.92 Å². The van der Waals surface area contributed by atoms with Gasteiger partial charge in [-0.05, 0) is 60.4 Å². The number of hydrogen-bond acceptors (Lipinski definition) is 6. The lowest BCUT2D eigenvalue weighted by Crippen LogP contribution is -2.51. The van der Waals surface area contributed by atoms with Crippen LogP contribution in [0.2, 0.25) is 0 Å².